The van der Waals surface area contributed by atoms with E-state index in [-0.39, 0.29) is 6.10 Å². The predicted octanol–water partition coefficient (Wildman–Crippen LogP) is 5.13. The summed E-state index contributed by atoms with van der Waals surface area (Å²) in [6.45, 7) is 15.4. The quantitative estimate of drug-likeness (QED) is 0.184. The van der Waals surface area contributed by atoms with Crippen LogP contribution in [0.5, 0.6) is 0 Å². The molecule has 168 valence electrons. The molecule has 0 saturated heterocycles. The monoisotopic (exact) mass is 460 g/mol. The second kappa shape index (κ2) is 11.6. The van der Waals surface area contributed by atoms with Gasteiger partial charge in [0.15, 0.2) is 16.6 Å². The van der Waals surface area contributed by atoms with E-state index in [1.807, 2.05) is 0 Å². The summed E-state index contributed by atoms with van der Waals surface area (Å²) >= 11 is 0. The topological polar surface area (TPSA) is 71.1 Å². The van der Waals surface area contributed by atoms with Crippen molar-refractivity contribution in [1.82, 2.24) is 0 Å². The zero-order valence-corrected chi connectivity index (χ0v) is 22.3. The zero-order valence-electron chi connectivity index (χ0n) is 19.3. The van der Waals surface area contributed by atoms with Gasteiger partial charge >= 0.3 is 20.5 Å². The molecular formula is C20H40O6Si3. The Morgan fingerprint density at radius 1 is 0.862 bits per heavy atom. The van der Waals surface area contributed by atoms with Crippen LogP contribution in [0.25, 0.3) is 0 Å². The second-order valence-corrected chi connectivity index (χ2v) is 22.5. The van der Waals surface area contributed by atoms with Crippen LogP contribution in [0.2, 0.25) is 51.9 Å². The molecule has 0 unspecified atom stereocenters. The molecule has 0 radical (unpaired) electrons. The molecule has 0 aromatic carbocycles. The molecule has 6 nitrogen and oxygen atoms in total. The van der Waals surface area contributed by atoms with Crippen LogP contribution < -0.4 is 0 Å². The van der Waals surface area contributed by atoms with Crippen molar-refractivity contribution in [3.8, 4) is 0 Å². The highest BCUT2D eigenvalue weighted by Gasteiger charge is 2.37. The largest absolute Gasteiger partial charge is 0.463 e. The minimum Gasteiger partial charge on any atom is -0.463 e. The molecule has 0 heterocycles. The maximum atomic E-state index is 11.8. The molecule has 0 N–H and O–H groups in total. The van der Waals surface area contributed by atoms with E-state index in [1.54, 1.807) is 0 Å². The summed E-state index contributed by atoms with van der Waals surface area (Å²) < 4.78 is 23.3. The lowest BCUT2D eigenvalue weighted by Crippen LogP contribution is -2.51. The van der Waals surface area contributed by atoms with E-state index in [4.69, 9.17) is 17.7 Å². The second-order valence-electron chi connectivity index (χ2n) is 9.78. The summed E-state index contributed by atoms with van der Waals surface area (Å²) in [5.41, 5.74) is 0. The van der Waals surface area contributed by atoms with Crippen LogP contribution in [-0.2, 0) is 27.3 Å². The number of ether oxygens (including phenoxy) is 2. The van der Waals surface area contributed by atoms with E-state index in [9.17, 15) is 9.59 Å². The fourth-order valence-electron chi connectivity index (χ4n) is 3.72. The highest BCUT2D eigenvalue weighted by molar-refractivity contribution is 6.87. The Morgan fingerprint density at radius 3 is 2.03 bits per heavy atom. The molecule has 0 atom stereocenters. The molecule has 1 aliphatic rings. The van der Waals surface area contributed by atoms with Crippen LogP contribution >= 0.6 is 0 Å². The molecule has 1 fully saturated rings. The Balaban J connectivity index is 2.28. The van der Waals surface area contributed by atoms with Crippen molar-refractivity contribution in [3.63, 3.8) is 0 Å². The summed E-state index contributed by atoms with van der Waals surface area (Å²) in [6.07, 6.45) is 8.26. The number of carbonyl (C=O) groups excluding carboxylic acids is 2. The van der Waals surface area contributed by atoms with Crippen molar-refractivity contribution in [2.45, 2.75) is 96.5 Å². The van der Waals surface area contributed by atoms with Crippen molar-refractivity contribution >= 4 is 37.1 Å². The first-order chi connectivity index (χ1) is 13.3. The molecule has 9 heteroatoms. The standard InChI is InChI=1S/C20H40O6Si3/c1-27(2,3)25-29(6,7)26-28(4,5)17-11-16-23-19(21)14-15-20(22)24-18-12-9-8-10-13-18/h14-15,18H,8-13,16-17H2,1-7H3/b15-14+. The van der Waals surface area contributed by atoms with Gasteiger partial charge in [-0.3, -0.25) is 0 Å². The van der Waals surface area contributed by atoms with Crippen molar-refractivity contribution in [1.29, 1.82) is 0 Å². The Bertz CT molecular complexity index is 563. The number of hydrogen-bond donors (Lipinski definition) is 0. The molecular weight excluding hydrogens is 420 g/mol. The van der Waals surface area contributed by atoms with Crippen molar-refractivity contribution in [2.24, 2.45) is 0 Å². The molecule has 29 heavy (non-hydrogen) atoms. The maximum Gasteiger partial charge on any atom is 0.331 e. The third kappa shape index (κ3) is 13.2. The molecule has 1 aliphatic carbocycles. The molecule has 0 aliphatic heterocycles. The van der Waals surface area contributed by atoms with E-state index in [1.165, 1.54) is 12.5 Å². The van der Waals surface area contributed by atoms with E-state index >= 15 is 0 Å². The number of carbonyl (C=O) groups is 2. The average molecular weight is 461 g/mol. The Labute approximate surface area is 179 Å². The summed E-state index contributed by atoms with van der Waals surface area (Å²) in [6, 6.07) is 0.888. The van der Waals surface area contributed by atoms with Gasteiger partial charge in [-0.2, -0.15) is 0 Å². The summed E-state index contributed by atoms with van der Waals surface area (Å²) in [7, 11) is -5.68. The minimum absolute atomic E-state index is 0.0122. The first kappa shape index (κ1) is 26.3. The van der Waals surface area contributed by atoms with E-state index in [2.05, 4.69) is 45.8 Å². The van der Waals surface area contributed by atoms with E-state index in [0.717, 1.165) is 44.2 Å². The smallest absolute Gasteiger partial charge is 0.331 e. The van der Waals surface area contributed by atoms with Crippen molar-refractivity contribution < 1.29 is 27.3 Å². The summed E-state index contributed by atoms with van der Waals surface area (Å²) in [5, 5.41) is 0. The van der Waals surface area contributed by atoms with Gasteiger partial charge in [0.05, 0.1) is 6.61 Å². The fraction of sp³-hybridized carbons (Fsp3) is 0.800. The van der Waals surface area contributed by atoms with Gasteiger partial charge in [-0.1, -0.05) is 6.42 Å². The van der Waals surface area contributed by atoms with Crippen molar-refractivity contribution in [2.75, 3.05) is 6.61 Å². The van der Waals surface area contributed by atoms with Crippen LogP contribution in [-0.4, -0.2) is 49.8 Å². The molecule has 0 bridgehead atoms. The molecule has 0 aromatic rings. The van der Waals surface area contributed by atoms with Gasteiger partial charge in [-0.15, -0.1) is 0 Å². The summed E-state index contributed by atoms with van der Waals surface area (Å²) in [4.78, 5) is 23.6. The SMILES string of the molecule is C[Si](C)(C)O[Si](C)(C)O[Si](C)(C)CCCOC(=O)/C=C/C(=O)OC1CCCCC1. The van der Waals surface area contributed by atoms with Gasteiger partial charge < -0.3 is 17.7 Å². The highest BCUT2D eigenvalue weighted by Crippen LogP contribution is 2.24. The van der Waals surface area contributed by atoms with Crippen LogP contribution in [0.4, 0.5) is 0 Å². The Kier molecular flexibility index (Phi) is 10.5. The molecule has 0 amide bonds. The molecule has 1 saturated carbocycles. The van der Waals surface area contributed by atoms with Gasteiger partial charge in [-0.05, 0) is 84.0 Å². The molecule has 0 aromatic heterocycles. The Morgan fingerprint density at radius 2 is 1.45 bits per heavy atom. The fourth-order valence-corrected chi connectivity index (χ4v) is 16.9. The van der Waals surface area contributed by atoms with Crippen LogP contribution in [0.1, 0.15) is 38.5 Å². The first-order valence-corrected chi connectivity index (χ1v) is 20.1. The lowest BCUT2D eigenvalue weighted by Gasteiger charge is -2.37. The number of rotatable bonds is 11. The van der Waals surface area contributed by atoms with Gasteiger partial charge in [-0.25, -0.2) is 9.59 Å². The number of esters is 2. The first-order valence-electron chi connectivity index (χ1n) is 10.7. The third-order valence-electron chi connectivity index (χ3n) is 4.43. The lowest BCUT2D eigenvalue weighted by molar-refractivity contribution is -0.145. The van der Waals surface area contributed by atoms with Crippen LogP contribution in [0.15, 0.2) is 12.2 Å². The molecule has 1 rings (SSSR count). The lowest BCUT2D eigenvalue weighted by atomic mass is 9.98. The maximum absolute atomic E-state index is 11.8. The summed E-state index contributed by atoms with van der Waals surface area (Å²) in [5.74, 6) is -0.979. The van der Waals surface area contributed by atoms with E-state index < -0.39 is 37.1 Å². The van der Waals surface area contributed by atoms with Gasteiger partial charge in [0, 0.05) is 12.2 Å². The average Bonchev–Trinajstić information content (AvgIpc) is 2.54. The highest BCUT2D eigenvalue weighted by atomic mass is 28.5. The van der Waals surface area contributed by atoms with Crippen molar-refractivity contribution in [3.05, 3.63) is 12.2 Å². The predicted molar refractivity (Wildman–Crippen MR) is 123 cm³/mol. The van der Waals surface area contributed by atoms with Gasteiger partial charge in [0.1, 0.15) is 6.10 Å². The van der Waals surface area contributed by atoms with Gasteiger partial charge in [0.2, 0.25) is 0 Å². The number of hydrogen-bond acceptors (Lipinski definition) is 6. The van der Waals surface area contributed by atoms with Crippen LogP contribution in [0.3, 0.4) is 0 Å². The minimum atomic E-state index is -2.15. The zero-order chi connectivity index (χ0) is 22.1. The normalized spacial score (nSPS) is 16.8. The molecule has 0 spiro atoms. The van der Waals surface area contributed by atoms with Gasteiger partial charge in [0.25, 0.3) is 0 Å². The third-order valence-corrected chi connectivity index (χ3v) is 14.6. The Hall–Kier alpha value is -0.749. The van der Waals surface area contributed by atoms with E-state index in [0.29, 0.717) is 6.61 Å². The van der Waals surface area contributed by atoms with Crippen LogP contribution in [0, 0.1) is 0 Å².